The molecular formula is C16H24N2O11. The van der Waals surface area contributed by atoms with E-state index in [9.17, 15) is 9.59 Å². The van der Waals surface area contributed by atoms with Crippen molar-refractivity contribution in [2.75, 3.05) is 39.6 Å². The third-order valence-corrected chi connectivity index (χ3v) is 1.68. The van der Waals surface area contributed by atoms with Gasteiger partial charge in [-0.25, -0.2) is 30.0 Å². The monoisotopic (exact) mass is 420 g/mol. The van der Waals surface area contributed by atoms with Crippen molar-refractivity contribution in [2.45, 2.75) is 0 Å². The van der Waals surface area contributed by atoms with Crippen LogP contribution in [0.1, 0.15) is 0 Å². The molecule has 0 atom stereocenters. The number of para-hydroxylation sites is 1. The Morgan fingerprint density at radius 3 is 1.38 bits per heavy atom. The molecule has 7 N–H and O–H groups in total. The zero-order valence-electron chi connectivity index (χ0n) is 15.3. The van der Waals surface area contributed by atoms with Gasteiger partial charge in [0.15, 0.2) is 0 Å². The number of carboxylic acid groups (broad SMARTS) is 2. The fourth-order valence-electron chi connectivity index (χ4n) is 0.885. The van der Waals surface area contributed by atoms with Gasteiger partial charge in [-0.2, -0.15) is 0 Å². The molecule has 0 radical (unpaired) electrons. The normalized spacial score (nSPS) is 7.66. The minimum atomic E-state index is -1.17. The van der Waals surface area contributed by atoms with E-state index in [1.165, 1.54) is 0 Å². The number of benzene rings is 1. The lowest BCUT2D eigenvalue weighted by Crippen LogP contribution is -2.13. The predicted molar refractivity (Wildman–Crippen MR) is 96.0 cm³/mol. The van der Waals surface area contributed by atoms with Crippen LogP contribution in [0, 0.1) is 10.8 Å². The van der Waals surface area contributed by atoms with Crippen LogP contribution < -0.4 is 0 Å². The second-order valence-corrected chi connectivity index (χ2v) is 3.88. The molecule has 0 bridgehead atoms. The Balaban J connectivity index is -0.000000143. The van der Waals surface area contributed by atoms with E-state index in [4.69, 9.17) is 45.9 Å². The molecule has 0 aromatic heterocycles. The van der Waals surface area contributed by atoms with Crippen LogP contribution in [0.2, 0.25) is 0 Å². The number of aromatic hydroxyl groups is 1. The van der Waals surface area contributed by atoms with Crippen molar-refractivity contribution in [3.63, 3.8) is 0 Å². The zero-order valence-corrected chi connectivity index (χ0v) is 15.3. The summed E-state index contributed by atoms with van der Waals surface area (Å²) in [5, 5.41) is 51.4. The standard InChI is InChI=1S/C6H6O.C4H6O5.C4H10O3.2CHNO/c7-6-4-2-1-3-5-6;5-3(6)1-9-2-4(7)8;5-1-3-7-4-2-6;2*2-1-3/h1-5,7H;1-2H2,(H,5,6)(H,7,8);5-6H,1-4H2;2*2H. The number of ether oxygens (including phenoxy) is 2. The number of aliphatic hydroxyl groups excluding tert-OH is 2. The molecule has 0 aliphatic carbocycles. The van der Waals surface area contributed by atoms with Crippen molar-refractivity contribution < 1.29 is 54.2 Å². The lowest BCUT2D eigenvalue weighted by molar-refractivity contribution is -0.148. The average molecular weight is 420 g/mol. The molecule has 164 valence electrons. The third-order valence-electron chi connectivity index (χ3n) is 1.68. The molecule has 0 unspecified atom stereocenters. The molecule has 0 saturated carbocycles. The van der Waals surface area contributed by atoms with Crippen molar-refractivity contribution in [2.24, 2.45) is 0 Å². The van der Waals surface area contributed by atoms with E-state index in [1.807, 2.05) is 6.07 Å². The summed E-state index contributed by atoms with van der Waals surface area (Å²) < 4.78 is 8.79. The minimum absolute atomic E-state index is 0.0278. The Hall–Kier alpha value is -3.44. The number of isocyanates is 2. The van der Waals surface area contributed by atoms with E-state index in [0.717, 1.165) is 12.2 Å². The van der Waals surface area contributed by atoms with Gasteiger partial charge in [0.1, 0.15) is 19.0 Å². The van der Waals surface area contributed by atoms with Gasteiger partial charge < -0.3 is 35.0 Å². The van der Waals surface area contributed by atoms with E-state index < -0.39 is 25.2 Å². The number of phenolic OH excluding ortho intramolecular Hbond substituents is 1. The van der Waals surface area contributed by atoms with Gasteiger partial charge in [-0.05, 0) is 12.1 Å². The quantitative estimate of drug-likeness (QED) is 0.158. The summed E-state index contributed by atoms with van der Waals surface area (Å²) in [5.74, 6) is -2.02. The van der Waals surface area contributed by atoms with E-state index in [1.54, 1.807) is 24.3 Å². The van der Waals surface area contributed by atoms with Crippen LogP contribution in [-0.2, 0) is 28.7 Å². The molecule has 1 aromatic rings. The number of phenols is 1. The predicted octanol–water partition coefficient (Wildman–Crippen LogP) is -0.646. The topological polar surface area (TPSA) is 236 Å². The first kappa shape index (κ1) is 33.2. The molecule has 29 heavy (non-hydrogen) atoms. The summed E-state index contributed by atoms with van der Waals surface area (Å²) in [7, 11) is 0. The highest BCUT2D eigenvalue weighted by Gasteiger charge is 1.99. The number of carbonyl (C=O) groups is 2. The van der Waals surface area contributed by atoms with Crippen molar-refractivity contribution in [3.8, 4) is 5.75 Å². The molecular weight excluding hydrogens is 396 g/mol. The van der Waals surface area contributed by atoms with Crippen LogP contribution in [0.15, 0.2) is 30.3 Å². The summed E-state index contributed by atoms with van der Waals surface area (Å²) in [6.45, 7) is -0.431. The van der Waals surface area contributed by atoms with Gasteiger partial charge in [0.25, 0.3) is 0 Å². The Morgan fingerprint density at radius 1 is 0.828 bits per heavy atom. The highest BCUT2D eigenvalue weighted by atomic mass is 16.5. The van der Waals surface area contributed by atoms with Gasteiger partial charge in [-0.1, -0.05) is 18.2 Å². The first-order valence-electron chi connectivity index (χ1n) is 7.39. The maximum atomic E-state index is 9.66. The van der Waals surface area contributed by atoms with Crippen LogP contribution >= 0.6 is 0 Å². The number of aliphatic hydroxyl groups is 2. The molecule has 0 spiro atoms. The zero-order chi connectivity index (χ0) is 23.3. The van der Waals surface area contributed by atoms with Gasteiger partial charge >= 0.3 is 11.9 Å². The van der Waals surface area contributed by atoms with Gasteiger partial charge in [0.2, 0.25) is 12.2 Å². The number of carbonyl (C=O) groups excluding carboxylic acids is 2. The van der Waals surface area contributed by atoms with Crippen LogP contribution in [-0.4, -0.2) is 89.3 Å². The Labute approximate surface area is 165 Å². The molecule has 1 rings (SSSR count). The van der Waals surface area contributed by atoms with Gasteiger partial charge in [-0.15, -0.1) is 0 Å². The number of hydrogen-bond donors (Lipinski definition) is 7. The lowest BCUT2D eigenvalue weighted by atomic mass is 10.3. The van der Waals surface area contributed by atoms with Crippen LogP contribution in [0.5, 0.6) is 5.75 Å². The fraction of sp³-hybridized carbons (Fsp3) is 0.375. The van der Waals surface area contributed by atoms with E-state index in [0.29, 0.717) is 19.0 Å². The number of rotatable bonds is 8. The molecule has 13 heteroatoms. The molecule has 0 amide bonds. The van der Waals surface area contributed by atoms with Gasteiger partial charge in [0.05, 0.1) is 26.4 Å². The summed E-state index contributed by atoms with van der Waals surface area (Å²) in [4.78, 5) is 36.0. The number of carboxylic acids is 2. The third kappa shape index (κ3) is 59.0. The first-order valence-corrected chi connectivity index (χ1v) is 7.39. The Bertz CT molecular complexity index is 525. The van der Waals surface area contributed by atoms with Gasteiger partial charge in [-0.3, -0.25) is 0 Å². The number of aliphatic carboxylic acids is 2. The second-order valence-electron chi connectivity index (χ2n) is 3.88. The molecule has 0 aliphatic rings. The number of nitrogens with one attached hydrogen (secondary N) is 2. The fourth-order valence-corrected chi connectivity index (χ4v) is 0.885. The maximum absolute atomic E-state index is 9.66. The smallest absolute Gasteiger partial charge is 0.329 e. The van der Waals surface area contributed by atoms with E-state index in [-0.39, 0.29) is 13.2 Å². The van der Waals surface area contributed by atoms with Crippen LogP contribution in [0.3, 0.4) is 0 Å². The molecule has 0 aliphatic heterocycles. The molecule has 1 aromatic carbocycles. The average Bonchev–Trinajstić information content (AvgIpc) is 2.65. The van der Waals surface area contributed by atoms with Crippen molar-refractivity contribution in [1.82, 2.24) is 0 Å². The van der Waals surface area contributed by atoms with Crippen LogP contribution in [0.25, 0.3) is 0 Å². The maximum Gasteiger partial charge on any atom is 0.329 e. The van der Waals surface area contributed by atoms with Crippen molar-refractivity contribution in [1.29, 1.82) is 10.8 Å². The largest absolute Gasteiger partial charge is 0.508 e. The van der Waals surface area contributed by atoms with Crippen molar-refractivity contribution >= 4 is 24.1 Å². The van der Waals surface area contributed by atoms with E-state index >= 15 is 0 Å². The van der Waals surface area contributed by atoms with Gasteiger partial charge in [0, 0.05) is 0 Å². The Kier molecular flexibility index (Phi) is 36.9. The summed E-state index contributed by atoms with van der Waals surface area (Å²) >= 11 is 0. The van der Waals surface area contributed by atoms with Crippen molar-refractivity contribution in [3.05, 3.63) is 30.3 Å². The molecule has 0 saturated heterocycles. The summed E-state index contributed by atoms with van der Waals surface area (Å²) in [6.07, 6.45) is 1.50. The first-order chi connectivity index (χ1) is 13.8. The summed E-state index contributed by atoms with van der Waals surface area (Å²) in [6, 6.07) is 8.71. The molecule has 0 fully saturated rings. The lowest BCUT2D eigenvalue weighted by Gasteiger charge is -1.94. The highest BCUT2D eigenvalue weighted by Crippen LogP contribution is 2.02. The molecule has 0 heterocycles. The SMILES string of the molecule is N=C=O.N=C=O.O=C(O)COCC(=O)O.OCCOCCO.Oc1ccccc1. The van der Waals surface area contributed by atoms with E-state index in [2.05, 4.69) is 9.47 Å². The highest BCUT2D eigenvalue weighted by molar-refractivity contribution is 5.70. The number of hydrogen-bond acceptors (Lipinski definition) is 11. The molecule has 13 nitrogen and oxygen atoms in total. The minimum Gasteiger partial charge on any atom is -0.508 e. The Morgan fingerprint density at radius 2 is 1.17 bits per heavy atom. The second kappa shape index (κ2) is 32.3. The summed E-state index contributed by atoms with van der Waals surface area (Å²) in [5.41, 5.74) is 0. The van der Waals surface area contributed by atoms with Crippen LogP contribution in [0.4, 0.5) is 0 Å².